The molecule has 0 aromatic heterocycles. The van der Waals surface area contributed by atoms with Crippen LogP contribution in [0.1, 0.15) is 0 Å². The number of carboxylic acids is 4. The van der Waals surface area contributed by atoms with Gasteiger partial charge in [0.2, 0.25) is 0 Å². The van der Waals surface area contributed by atoms with Gasteiger partial charge in [-0.2, -0.15) is 0 Å². The zero-order valence-corrected chi connectivity index (χ0v) is 9.01. The average Bonchev–Trinajstić information content (AvgIpc) is 1.88. The van der Waals surface area contributed by atoms with Crippen molar-refractivity contribution < 1.29 is 80.4 Å². The van der Waals surface area contributed by atoms with E-state index in [1.807, 2.05) is 0 Å². The molecule has 8 nitrogen and oxygen atoms in total. The van der Waals surface area contributed by atoms with E-state index in [0.29, 0.717) is 0 Å². The van der Waals surface area contributed by atoms with E-state index < -0.39 is 23.9 Å². The topological polar surface area (TPSA) is 161 Å². The molecule has 0 aliphatic rings. The fraction of sp³-hybridized carbons (Fsp3) is 0. The molecule has 0 bridgehead atoms. The number of carboxylic acid groups (broad SMARTS) is 4. The summed E-state index contributed by atoms with van der Waals surface area (Å²) in [5, 5.41) is 35.7. The van der Waals surface area contributed by atoms with Crippen LogP contribution in [0.4, 0.5) is 0 Å². The molecule has 0 fully saturated rings. The maximum absolute atomic E-state index is 8.93. The predicted octanol–water partition coefficient (Wildman–Crippen LogP) is -7.03. The Morgan fingerprint density at radius 1 is 0.500 bits per heavy atom. The standard InChI is InChI=1S/2C2H2O4.2Pd/c2*3-1(4)2(5)6;;/h2*(H,3,4)(H,5,6);;/q;;2*+2/p-4. The first-order valence-corrected chi connectivity index (χ1v) is 2.13. The smallest absolute Gasteiger partial charge is 0.543 e. The molecule has 0 aromatic carbocycles. The third kappa shape index (κ3) is 22.5. The summed E-state index contributed by atoms with van der Waals surface area (Å²) in [6.07, 6.45) is 0. The first-order valence-electron chi connectivity index (χ1n) is 2.13. The minimum absolute atomic E-state index is 0. The van der Waals surface area contributed by atoms with Gasteiger partial charge in [0.25, 0.3) is 0 Å². The van der Waals surface area contributed by atoms with Gasteiger partial charge in [0.1, 0.15) is 0 Å². The molecular formula is C4O8Pd2. The Morgan fingerprint density at radius 2 is 0.571 bits per heavy atom. The minimum Gasteiger partial charge on any atom is -0.543 e. The van der Waals surface area contributed by atoms with Crippen molar-refractivity contribution in [1.82, 2.24) is 0 Å². The molecule has 0 heterocycles. The van der Waals surface area contributed by atoms with Crippen molar-refractivity contribution >= 4 is 23.9 Å². The first kappa shape index (κ1) is 23.2. The Hall–Kier alpha value is -0.795. The molecule has 14 heavy (non-hydrogen) atoms. The van der Waals surface area contributed by atoms with E-state index in [4.69, 9.17) is 39.6 Å². The van der Waals surface area contributed by atoms with E-state index in [1.54, 1.807) is 0 Å². The van der Waals surface area contributed by atoms with Gasteiger partial charge in [-0.1, -0.05) is 0 Å². The van der Waals surface area contributed by atoms with Crippen LogP contribution in [0, 0.1) is 0 Å². The maximum atomic E-state index is 8.93. The first-order chi connectivity index (χ1) is 5.29. The van der Waals surface area contributed by atoms with Crippen LogP contribution in [-0.2, 0) is 60.0 Å². The Morgan fingerprint density at radius 3 is 0.571 bits per heavy atom. The predicted molar refractivity (Wildman–Crippen MR) is 20.0 cm³/mol. The average molecular weight is 389 g/mol. The Bertz CT molecular complexity index is 175. The second-order valence-corrected chi connectivity index (χ2v) is 1.15. The summed E-state index contributed by atoms with van der Waals surface area (Å²) in [6.45, 7) is 0. The third-order valence-corrected chi connectivity index (χ3v) is 0.333. The molecule has 0 aliphatic heterocycles. The molecule has 0 saturated heterocycles. The Kier molecular flexibility index (Phi) is 20.2. The molecule has 84 valence electrons. The SMILES string of the molecule is O=C([O-])C(=O)[O-].O=C([O-])C(=O)[O-].[Pd+2].[Pd+2]. The third-order valence-electron chi connectivity index (χ3n) is 0.333. The minimum atomic E-state index is -2.19. The molecule has 0 spiro atoms. The fourth-order valence-corrected chi connectivity index (χ4v) is 0. The molecule has 0 amide bonds. The van der Waals surface area contributed by atoms with Crippen molar-refractivity contribution in [3.63, 3.8) is 0 Å². The van der Waals surface area contributed by atoms with Crippen molar-refractivity contribution in [3.8, 4) is 0 Å². The normalized spacial score (nSPS) is 6.29. The van der Waals surface area contributed by atoms with Crippen LogP contribution in [0.3, 0.4) is 0 Å². The van der Waals surface area contributed by atoms with E-state index in [2.05, 4.69) is 0 Å². The quantitative estimate of drug-likeness (QED) is 0.292. The number of hydrogen-bond acceptors (Lipinski definition) is 8. The van der Waals surface area contributed by atoms with Gasteiger partial charge in [-0.15, -0.1) is 0 Å². The van der Waals surface area contributed by atoms with Crippen LogP contribution in [0.2, 0.25) is 0 Å². The van der Waals surface area contributed by atoms with Gasteiger partial charge in [0.15, 0.2) is 0 Å². The van der Waals surface area contributed by atoms with E-state index in [0.717, 1.165) is 0 Å². The van der Waals surface area contributed by atoms with Crippen LogP contribution in [0.5, 0.6) is 0 Å². The summed E-state index contributed by atoms with van der Waals surface area (Å²) in [5.41, 5.74) is 0. The van der Waals surface area contributed by atoms with Gasteiger partial charge in [-0.25, -0.2) is 0 Å². The summed E-state index contributed by atoms with van der Waals surface area (Å²) in [5.74, 6) is -8.74. The number of carbonyl (C=O) groups excluding carboxylic acids is 4. The Labute approximate surface area is 104 Å². The molecule has 0 N–H and O–H groups in total. The van der Waals surface area contributed by atoms with Gasteiger partial charge in [0, 0.05) is 0 Å². The maximum Gasteiger partial charge on any atom is 2.00 e. The fourth-order valence-electron chi connectivity index (χ4n) is 0. The van der Waals surface area contributed by atoms with Crippen molar-refractivity contribution in [2.75, 3.05) is 0 Å². The second kappa shape index (κ2) is 12.2. The van der Waals surface area contributed by atoms with Crippen LogP contribution >= 0.6 is 0 Å². The number of rotatable bonds is 0. The molecule has 0 atom stereocenters. The molecule has 0 aliphatic carbocycles. The molecule has 10 heteroatoms. The van der Waals surface area contributed by atoms with Gasteiger partial charge in [0.05, 0.1) is 23.9 Å². The summed E-state index contributed by atoms with van der Waals surface area (Å²) in [6, 6.07) is 0. The van der Waals surface area contributed by atoms with E-state index in [9.17, 15) is 0 Å². The molecular weight excluding hydrogens is 389 g/mol. The molecule has 0 aromatic rings. The van der Waals surface area contributed by atoms with Crippen molar-refractivity contribution in [2.45, 2.75) is 0 Å². The zero-order valence-electron chi connectivity index (χ0n) is 5.90. The van der Waals surface area contributed by atoms with E-state index >= 15 is 0 Å². The number of aliphatic carboxylic acids is 4. The second-order valence-electron chi connectivity index (χ2n) is 1.15. The van der Waals surface area contributed by atoms with Gasteiger partial charge >= 0.3 is 40.8 Å². The molecule has 0 radical (unpaired) electrons. The van der Waals surface area contributed by atoms with E-state index in [1.165, 1.54) is 0 Å². The van der Waals surface area contributed by atoms with Gasteiger partial charge < -0.3 is 39.6 Å². The molecule has 0 saturated carbocycles. The van der Waals surface area contributed by atoms with E-state index in [-0.39, 0.29) is 40.8 Å². The largest absolute Gasteiger partial charge is 2.00 e. The van der Waals surface area contributed by atoms with Gasteiger partial charge in [-0.3, -0.25) is 0 Å². The molecule has 0 rings (SSSR count). The molecule has 0 unspecified atom stereocenters. The Balaban J connectivity index is -0.0000000625. The number of hydrogen-bond donors (Lipinski definition) is 0. The van der Waals surface area contributed by atoms with Crippen molar-refractivity contribution in [3.05, 3.63) is 0 Å². The summed E-state index contributed by atoms with van der Waals surface area (Å²) < 4.78 is 0. The van der Waals surface area contributed by atoms with Crippen LogP contribution in [0.15, 0.2) is 0 Å². The summed E-state index contributed by atoms with van der Waals surface area (Å²) in [7, 11) is 0. The van der Waals surface area contributed by atoms with Crippen LogP contribution < -0.4 is 20.4 Å². The van der Waals surface area contributed by atoms with Crippen molar-refractivity contribution in [2.24, 2.45) is 0 Å². The summed E-state index contributed by atoms with van der Waals surface area (Å²) in [4.78, 5) is 35.7. The van der Waals surface area contributed by atoms with Crippen molar-refractivity contribution in [1.29, 1.82) is 0 Å². The van der Waals surface area contributed by atoms with Crippen LogP contribution in [-0.4, -0.2) is 23.9 Å². The van der Waals surface area contributed by atoms with Crippen LogP contribution in [0.25, 0.3) is 0 Å². The summed E-state index contributed by atoms with van der Waals surface area (Å²) >= 11 is 0. The number of carbonyl (C=O) groups is 4. The zero-order chi connectivity index (χ0) is 10.3. The monoisotopic (exact) mass is 388 g/mol. The van der Waals surface area contributed by atoms with Gasteiger partial charge in [-0.05, 0) is 0 Å².